The molecule has 116 valence electrons. The highest BCUT2D eigenvalue weighted by Crippen LogP contribution is 2.46. The first-order valence-electron chi connectivity index (χ1n) is 6.85. The molecule has 1 aliphatic heterocycles. The Kier molecular flexibility index (Phi) is 3.69. The van der Waals surface area contributed by atoms with Gasteiger partial charge in [0.05, 0.1) is 12.2 Å². The Bertz CT molecular complexity index is 711. The lowest BCUT2D eigenvalue weighted by atomic mass is 9.84. The lowest BCUT2D eigenvalue weighted by Crippen LogP contribution is -2.26. The van der Waals surface area contributed by atoms with E-state index in [1.807, 2.05) is 18.2 Å². The fourth-order valence-corrected chi connectivity index (χ4v) is 3.11. The van der Waals surface area contributed by atoms with Crippen molar-refractivity contribution >= 4 is 11.6 Å². The molecule has 0 saturated heterocycles. The minimum Gasteiger partial charge on any atom is -0.361 e. The Hall–Kier alpha value is -1.52. The van der Waals surface area contributed by atoms with Gasteiger partial charge in [0.25, 0.3) is 0 Å². The summed E-state index contributed by atoms with van der Waals surface area (Å²) in [5.74, 6) is 0.310. The molecule has 22 heavy (non-hydrogen) atoms. The third-order valence-electron chi connectivity index (χ3n) is 4.11. The number of hydrogen-bond donors (Lipinski definition) is 0. The summed E-state index contributed by atoms with van der Waals surface area (Å²) >= 11 is 5.85. The first-order chi connectivity index (χ1) is 10.4. The van der Waals surface area contributed by atoms with Gasteiger partial charge in [0, 0.05) is 11.4 Å². The lowest BCUT2D eigenvalue weighted by Gasteiger charge is -2.29. The van der Waals surface area contributed by atoms with Gasteiger partial charge in [-0.1, -0.05) is 36.4 Å². The van der Waals surface area contributed by atoms with Crippen molar-refractivity contribution in [1.82, 2.24) is 0 Å². The highest BCUT2D eigenvalue weighted by Gasteiger charge is 2.44. The largest absolute Gasteiger partial charge is 0.416 e. The van der Waals surface area contributed by atoms with E-state index < -0.39 is 17.3 Å². The molecule has 0 aliphatic carbocycles. The molecule has 0 radical (unpaired) electrons. The maximum atomic E-state index is 13.3. The summed E-state index contributed by atoms with van der Waals surface area (Å²) in [4.78, 5) is 0. The Balaban J connectivity index is 2.19. The van der Waals surface area contributed by atoms with Crippen LogP contribution in [-0.4, -0.2) is 0 Å². The first kappa shape index (κ1) is 15.4. The molecule has 0 saturated carbocycles. The predicted molar refractivity (Wildman–Crippen MR) is 78.7 cm³/mol. The molecule has 0 amide bonds. The summed E-state index contributed by atoms with van der Waals surface area (Å²) in [6.07, 6.45) is -4.42. The molecule has 1 atom stereocenters. The molecule has 0 aromatic heterocycles. The molecule has 3 rings (SSSR count). The molecule has 0 bridgehead atoms. The summed E-state index contributed by atoms with van der Waals surface area (Å²) in [5, 5.41) is 0. The number of fused-ring (bicyclic) bond motifs is 1. The number of hydrogen-bond acceptors (Lipinski definition) is 1. The monoisotopic (exact) mass is 326 g/mol. The van der Waals surface area contributed by atoms with Crippen LogP contribution in [0.25, 0.3) is 0 Å². The van der Waals surface area contributed by atoms with Crippen LogP contribution in [0.5, 0.6) is 0 Å². The lowest BCUT2D eigenvalue weighted by molar-refractivity contribution is -0.140. The van der Waals surface area contributed by atoms with E-state index in [2.05, 4.69) is 0 Å². The van der Waals surface area contributed by atoms with Crippen LogP contribution < -0.4 is 0 Å². The molecule has 0 spiro atoms. The maximum Gasteiger partial charge on any atom is 0.416 e. The Labute approximate surface area is 131 Å². The SMILES string of the molecule is CC1(c2ccccc2C(F)(F)F)OCc2ccc(CCl)cc21. The van der Waals surface area contributed by atoms with Gasteiger partial charge in [0.15, 0.2) is 0 Å². The minimum atomic E-state index is -4.42. The van der Waals surface area contributed by atoms with Gasteiger partial charge < -0.3 is 4.74 Å². The van der Waals surface area contributed by atoms with Crippen molar-refractivity contribution in [2.45, 2.75) is 31.2 Å². The molecule has 2 aromatic rings. The van der Waals surface area contributed by atoms with Gasteiger partial charge in [0.2, 0.25) is 0 Å². The second-order valence-electron chi connectivity index (χ2n) is 5.49. The highest BCUT2D eigenvalue weighted by molar-refractivity contribution is 6.17. The van der Waals surface area contributed by atoms with Crippen LogP contribution in [0.3, 0.4) is 0 Å². The van der Waals surface area contributed by atoms with Crippen molar-refractivity contribution in [2.24, 2.45) is 0 Å². The van der Waals surface area contributed by atoms with Crippen LogP contribution in [0.4, 0.5) is 13.2 Å². The van der Waals surface area contributed by atoms with Crippen molar-refractivity contribution in [3.05, 3.63) is 70.3 Å². The third kappa shape index (κ3) is 2.40. The molecule has 5 heteroatoms. The third-order valence-corrected chi connectivity index (χ3v) is 4.41. The van der Waals surface area contributed by atoms with Crippen molar-refractivity contribution in [1.29, 1.82) is 0 Å². The molecule has 0 fully saturated rings. The molecule has 1 unspecified atom stereocenters. The van der Waals surface area contributed by atoms with Crippen molar-refractivity contribution in [3.63, 3.8) is 0 Å². The van der Waals surface area contributed by atoms with Gasteiger partial charge in [-0.25, -0.2) is 0 Å². The summed E-state index contributed by atoms with van der Waals surface area (Å²) in [5.41, 5.74) is 0.857. The molecule has 1 aliphatic rings. The molecule has 0 N–H and O–H groups in total. The molecule has 1 heterocycles. The standard InChI is InChI=1S/C17H14ClF3O/c1-16(13-4-2-3-5-14(13)17(19,20)21)15-8-11(9-18)6-7-12(15)10-22-16/h2-8H,9-10H2,1H3. The van der Waals surface area contributed by atoms with Gasteiger partial charge >= 0.3 is 6.18 Å². The van der Waals surface area contributed by atoms with E-state index in [9.17, 15) is 13.2 Å². The molecule has 1 nitrogen and oxygen atoms in total. The van der Waals surface area contributed by atoms with E-state index in [-0.39, 0.29) is 5.56 Å². The van der Waals surface area contributed by atoms with E-state index in [0.717, 1.165) is 22.8 Å². The van der Waals surface area contributed by atoms with E-state index in [1.54, 1.807) is 13.0 Å². The normalized spacial score (nSPS) is 21.0. The smallest absolute Gasteiger partial charge is 0.361 e. The van der Waals surface area contributed by atoms with Crippen LogP contribution in [0.2, 0.25) is 0 Å². The average molecular weight is 327 g/mol. The topological polar surface area (TPSA) is 9.23 Å². The van der Waals surface area contributed by atoms with Gasteiger partial charge in [-0.2, -0.15) is 13.2 Å². The molecular weight excluding hydrogens is 313 g/mol. The fraction of sp³-hybridized carbons (Fsp3) is 0.294. The number of halogens is 4. The van der Waals surface area contributed by atoms with Crippen molar-refractivity contribution in [2.75, 3.05) is 0 Å². The average Bonchev–Trinajstić information content (AvgIpc) is 2.84. The Morgan fingerprint density at radius 1 is 1.14 bits per heavy atom. The van der Waals surface area contributed by atoms with Crippen LogP contribution in [0.1, 0.15) is 34.7 Å². The number of ether oxygens (including phenoxy) is 1. The van der Waals surface area contributed by atoms with E-state index >= 15 is 0 Å². The second kappa shape index (κ2) is 5.28. The van der Waals surface area contributed by atoms with E-state index in [4.69, 9.17) is 16.3 Å². The zero-order chi connectivity index (χ0) is 16.0. The van der Waals surface area contributed by atoms with Crippen LogP contribution in [-0.2, 0) is 29.0 Å². The van der Waals surface area contributed by atoms with Crippen LogP contribution in [0, 0.1) is 0 Å². The molecule has 2 aromatic carbocycles. The van der Waals surface area contributed by atoms with E-state index in [1.165, 1.54) is 12.1 Å². The van der Waals surface area contributed by atoms with Gasteiger partial charge in [0.1, 0.15) is 5.60 Å². The van der Waals surface area contributed by atoms with Gasteiger partial charge in [-0.15, -0.1) is 11.6 Å². The number of benzene rings is 2. The van der Waals surface area contributed by atoms with Gasteiger partial charge in [-0.05, 0) is 29.7 Å². The maximum absolute atomic E-state index is 13.3. The first-order valence-corrected chi connectivity index (χ1v) is 7.38. The minimum absolute atomic E-state index is 0.132. The van der Waals surface area contributed by atoms with E-state index in [0.29, 0.717) is 12.5 Å². The fourth-order valence-electron chi connectivity index (χ4n) is 2.95. The Morgan fingerprint density at radius 3 is 2.55 bits per heavy atom. The molecular formula is C17H14ClF3O. The van der Waals surface area contributed by atoms with Crippen LogP contribution in [0.15, 0.2) is 42.5 Å². The van der Waals surface area contributed by atoms with Crippen LogP contribution >= 0.6 is 11.6 Å². The highest BCUT2D eigenvalue weighted by atomic mass is 35.5. The van der Waals surface area contributed by atoms with Gasteiger partial charge in [-0.3, -0.25) is 0 Å². The number of alkyl halides is 4. The summed E-state index contributed by atoms with van der Waals surface area (Å²) < 4.78 is 45.7. The van der Waals surface area contributed by atoms with Crippen molar-refractivity contribution in [3.8, 4) is 0 Å². The quantitative estimate of drug-likeness (QED) is 0.686. The number of rotatable bonds is 2. The summed E-state index contributed by atoms with van der Waals surface area (Å²) in [6.45, 7) is 1.97. The summed E-state index contributed by atoms with van der Waals surface area (Å²) in [6, 6.07) is 11.1. The zero-order valence-corrected chi connectivity index (χ0v) is 12.6. The summed E-state index contributed by atoms with van der Waals surface area (Å²) in [7, 11) is 0. The zero-order valence-electron chi connectivity index (χ0n) is 11.9. The predicted octanol–water partition coefficient (Wildman–Crippen LogP) is 5.24. The second-order valence-corrected chi connectivity index (χ2v) is 5.76. The Morgan fingerprint density at radius 2 is 1.86 bits per heavy atom. The van der Waals surface area contributed by atoms with Crippen molar-refractivity contribution < 1.29 is 17.9 Å².